The highest BCUT2D eigenvalue weighted by molar-refractivity contribution is 7.92. The first-order valence-corrected chi connectivity index (χ1v) is 13.1. The highest BCUT2D eigenvalue weighted by Crippen LogP contribution is 2.32. The number of hydrogen-bond donors (Lipinski definition) is 0. The predicted octanol–water partition coefficient (Wildman–Crippen LogP) is 3.47. The Morgan fingerprint density at radius 2 is 1.85 bits per heavy atom. The lowest BCUT2D eigenvalue weighted by atomic mass is 10.1. The van der Waals surface area contributed by atoms with E-state index in [4.69, 9.17) is 9.72 Å². The fraction of sp³-hybridized carbons (Fsp3) is 0.391. The second-order valence-corrected chi connectivity index (χ2v) is 11.0. The van der Waals surface area contributed by atoms with Crippen molar-refractivity contribution in [2.24, 2.45) is 0 Å². The summed E-state index contributed by atoms with van der Waals surface area (Å²) >= 11 is 1.43. The van der Waals surface area contributed by atoms with Crippen LogP contribution in [0.2, 0.25) is 0 Å². The molecule has 0 saturated carbocycles. The molecule has 1 saturated heterocycles. The molecule has 10 heteroatoms. The molecule has 1 fully saturated rings. The molecule has 33 heavy (non-hydrogen) atoms. The van der Waals surface area contributed by atoms with Crippen molar-refractivity contribution in [2.45, 2.75) is 18.7 Å². The Labute approximate surface area is 204 Å². The van der Waals surface area contributed by atoms with Gasteiger partial charge in [-0.1, -0.05) is 35.6 Å². The smallest absolute Gasteiger partial charge is 0.244 e. The predicted molar refractivity (Wildman–Crippen MR) is 134 cm³/mol. The van der Waals surface area contributed by atoms with Gasteiger partial charge in [0, 0.05) is 26.2 Å². The molecule has 0 radical (unpaired) electrons. The van der Waals surface area contributed by atoms with Gasteiger partial charge in [0.15, 0.2) is 15.0 Å². The van der Waals surface area contributed by atoms with Gasteiger partial charge in [-0.05, 0) is 43.2 Å². The van der Waals surface area contributed by atoms with Crippen LogP contribution in [0, 0.1) is 13.8 Å². The van der Waals surface area contributed by atoms with Crippen LogP contribution >= 0.6 is 23.7 Å². The number of thiazole rings is 1. The number of hydrogen-bond acceptors (Lipinski definition) is 7. The van der Waals surface area contributed by atoms with Gasteiger partial charge < -0.3 is 4.74 Å². The van der Waals surface area contributed by atoms with Crippen LogP contribution < -0.4 is 4.90 Å². The number of nitrogens with zero attached hydrogens (tertiary/aromatic N) is 3. The van der Waals surface area contributed by atoms with E-state index in [1.165, 1.54) is 28.4 Å². The van der Waals surface area contributed by atoms with E-state index in [-0.39, 0.29) is 17.3 Å². The van der Waals surface area contributed by atoms with Crippen LogP contribution in [0.5, 0.6) is 0 Å². The quantitative estimate of drug-likeness (QED) is 0.485. The highest BCUT2D eigenvalue weighted by atomic mass is 35.5. The van der Waals surface area contributed by atoms with E-state index in [2.05, 4.69) is 11.0 Å². The number of halogens is 1. The Kier molecular flexibility index (Phi) is 8.47. The number of sulfone groups is 1. The van der Waals surface area contributed by atoms with Crippen molar-refractivity contribution in [1.29, 1.82) is 0 Å². The van der Waals surface area contributed by atoms with E-state index in [0.717, 1.165) is 34.4 Å². The van der Waals surface area contributed by atoms with E-state index in [1.807, 2.05) is 19.9 Å². The lowest BCUT2D eigenvalue weighted by Crippen LogP contribution is -2.44. The summed E-state index contributed by atoms with van der Waals surface area (Å²) in [6.45, 7) is 7.96. The number of carbonyl (C=O) groups is 1. The Balaban J connectivity index is 0.00000306. The van der Waals surface area contributed by atoms with Crippen LogP contribution in [0.25, 0.3) is 10.2 Å². The van der Waals surface area contributed by atoms with Gasteiger partial charge in [-0.25, -0.2) is 13.4 Å². The van der Waals surface area contributed by atoms with Crippen molar-refractivity contribution in [3.05, 3.63) is 53.6 Å². The van der Waals surface area contributed by atoms with Crippen molar-refractivity contribution in [1.82, 2.24) is 9.88 Å². The number of aryl methyl sites for hydroxylation is 2. The van der Waals surface area contributed by atoms with Gasteiger partial charge in [0.25, 0.3) is 0 Å². The highest BCUT2D eigenvalue weighted by Gasteiger charge is 2.27. The number of ether oxygens (including phenoxy) is 1. The molecule has 4 rings (SSSR count). The van der Waals surface area contributed by atoms with Gasteiger partial charge in [0.2, 0.25) is 5.91 Å². The molecule has 0 atom stereocenters. The van der Waals surface area contributed by atoms with Gasteiger partial charge in [-0.3, -0.25) is 14.6 Å². The molecule has 1 aliphatic heterocycles. The first kappa shape index (κ1) is 25.6. The summed E-state index contributed by atoms with van der Waals surface area (Å²) in [6.07, 6.45) is 0. The molecule has 1 amide bonds. The molecule has 0 N–H and O–H groups in total. The molecule has 0 bridgehead atoms. The summed E-state index contributed by atoms with van der Waals surface area (Å²) < 4.78 is 32.1. The third-order valence-corrected chi connectivity index (χ3v) is 8.35. The molecule has 2 aromatic carbocycles. The summed E-state index contributed by atoms with van der Waals surface area (Å²) in [5.74, 6) is -1.05. The van der Waals surface area contributed by atoms with Crippen LogP contribution in [0.1, 0.15) is 11.1 Å². The van der Waals surface area contributed by atoms with Gasteiger partial charge >= 0.3 is 0 Å². The number of amides is 1. The molecule has 0 spiro atoms. The van der Waals surface area contributed by atoms with E-state index < -0.39 is 21.5 Å². The first-order valence-electron chi connectivity index (χ1n) is 10.6. The molecule has 3 aromatic rings. The molecule has 1 aliphatic rings. The van der Waals surface area contributed by atoms with E-state index >= 15 is 0 Å². The summed E-state index contributed by atoms with van der Waals surface area (Å²) in [5, 5.41) is 0.537. The Bertz CT molecular complexity index is 1210. The molecule has 0 aliphatic carbocycles. The van der Waals surface area contributed by atoms with Crippen molar-refractivity contribution < 1.29 is 17.9 Å². The minimum Gasteiger partial charge on any atom is -0.379 e. The summed E-state index contributed by atoms with van der Waals surface area (Å²) in [6, 6.07) is 12.2. The second-order valence-electron chi connectivity index (χ2n) is 8.00. The number of benzene rings is 2. The number of morpholine rings is 1. The van der Waals surface area contributed by atoms with Crippen LogP contribution in [-0.2, 0) is 19.4 Å². The van der Waals surface area contributed by atoms with Crippen LogP contribution in [-0.4, -0.2) is 69.4 Å². The maximum absolute atomic E-state index is 13.3. The van der Waals surface area contributed by atoms with Crippen molar-refractivity contribution in [3.8, 4) is 0 Å². The SMILES string of the molecule is Cc1cc(C)c2sc(N(CCN3CCOCC3)C(=O)CS(=O)(=O)c3ccccc3)nc2c1.Cl. The van der Waals surface area contributed by atoms with E-state index in [9.17, 15) is 13.2 Å². The van der Waals surface area contributed by atoms with Crippen molar-refractivity contribution in [2.75, 3.05) is 50.0 Å². The van der Waals surface area contributed by atoms with Gasteiger partial charge in [-0.15, -0.1) is 12.4 Å². The van der Waals surface area contributed by atoms with Crippen molar-refractivity contribution in [3.63, 3.8) is 0 Å². The lowest BCUT2D eigenvalue weighted by molar-refractivity contribution is -0.116. The zero-order valence-electron chi connectivity index (χ0n) is 18.7. The monoisotopic (exact) mass is 509 g/mol. The first-order chi connectivity index (χ1) is 15.3. The minimum atomic E-state index is -3.75. The van der Waals surface area contributed by atoms with E-state index in [1.54, 1.807) is 18.2 Å². The minimum absolute atomic E-state index is 0. The maximum atomic E-state index is 13.3. The standard InChI is InChI=1S/C23H27N3O4S2.ClH/c1-17-14-18(2)22-20(15-17)24-23(31-22)26(9-8-25-10-12-30-13-11-25)21(27)16-32(28,29)19-6-4-3-5-7-19;/h3-7,14-15H,8-13,16H2,1-2H3;1H. The van der Waals surface area contributed by atoms with Crippen LogP contribution in [0.3, 0.4) is 0 Å². The molecule has 2 heterocycles. The summed E-state index contributed by atoms with van der Waals surface area (Å²) in [7, 11) is -3.75. The zero-order valence-corrected chi connectivity index (χ0v) is 21.1. The molecular weight excluding hydrogens is 482 g/mol. The normalized spacial score (nSPS) is 14.7. The average Bonchev–Trinajstić information content (AvgIpc) is 3.19. The Hall–Kier alpha value is -2.04. The van der Waals surface area contributed by atoms with Crippen molar-refractivity contribution >= 4 is 54.8 Å². The molecule has 7 nitrogen and oxygen atoms in total. The third kappa shape index (κ3) is 6.10. The number of fused-ring (bicyclic) bond motifs is 1. The number of carbonyl (C=O) groups excluding carboxylic acids is 1. The number of anilines is 1. The molecule has 1 aromatic heterocycles. The zero-order chi connectivity index (χ0) is 22.7. The molecular formula is C23H28ClN3O4S2. The lowest BCUT2D eigenvalue weighted by Gasteiger charge is -2.29. The number of aromatic nitrogens is 1. The van der Waals surface area contributed by atoms with E-state index in [0.29, 0.717) is 31.4 Å². The summed E-state index contributed by atoms with van der Waals surface area (Å²) in [5.41, 5.74) is 3.03. The van der Waals surface area contributed by atoms with Gasteiger partial charge in [0.05, 0.1) is 28.3 Å². The Morgan fingerprint density at radius 1 is 1.15 bits per heavy atom. The molecule has 178 valence electrons. The third-order valence-electron chi connectivity index (χ3n) is 5.50. The average molecular weight is 510 g/mol. The molecule has 0 unspecified atom stereocenters. The second kappa shape index (κ2) is 10.9. The topological polar surface area (TPSA) is 79.8 Å². The van der Waals surface area contributed by atoms with Crippen LogP contribution in [0.4, 0.5) is 5.13 Å². The largest absolute Gasteiger partial charge is 0.379 e. The summed E-state index contributed by atoms with van der Waals surface area (Å²) in [4.78, 5) is 21.9. The van der Waals surface area contributed by atoms with Crippen LogP contribution in [0.15, 0.2) is 47.4 Å². The van der Waals surface area contributed by atoms with Gasteiger partial charge in [-0.2, -0.15) is 0 Å². The fourth-order valence-electron chi connectivity index (χ4n) is 3.83. The Morgan fingerprint density at radius 3 is 2.55 bits per heavy atom. The maximum Gasteiger partial charge on any atom is 0.244 e. The number of rotatable bonds is 7. The fourth-order valence-corrected chi connectivity index (χ4v) is 6.10. The van der Waals surface area contributed by atoms with Gasteiger partial charge in [0.1, 0.15) is 5.75 Å².